The first kappa shape index (κ1) is 25.6. The van der Waals surface area contributed by atoms with Gasteiger partial charge in [-0.2, -0.15) is 0 Å². The first-order valence-corrected chi connectivity index (χ1v) is 11.1. The minimum Gasteiger partial charge on any atom is -0.462 e. The average molecular weight is 510 g/mol. The molecular weight excluding hydrogens is 488 g/mol. The predicted molar refractivity (Wildman–Crippen MR) is 117 cm³/mol. The molecule has 1 saturated heterocycles. The number of esters is 2. The van der Waals surface area contributed by atoms with Gasteiger partial charge in [0.25, 0.3) is 11.8 Å². The number of nitrogens with one attached hydrogen (secondary N) is 1. The van der Waals surface area contributed by atoms with E-state index in [4.69, 9.17) is 29.2 Å². The van der Waals surface area contributed by atoms with Crippen molar-refractivity contribution < 1.29 is 47.4 Å². The van der Waals surface area contributed by atoms with Crippen molar-refractivity contribution >= 4 is 47.3 Å². The number of ether oxygens (including phenoxy) is 3. The molecule has 2 aliphatic rings. The van der Waals surface area contributed by atoms with Gasteiger partial charge in [-0.3, -0.25) is 19.3 Å². The molecule has 0 spiro atoms. The number of β-lactam (4-membered cyclic amide) rings is 1. The van der Waals surface area contributed by atoms with Crippen LogP contribution < -0.4 is 11.1 Å². The van der Waals surface area contributed by atoms with Crippen molar-refractivity contribution in [3.63, 3.8) is 0 Å². The second-order valence-electron chi connectivity index (χ2n) is 7.10. The van der Waals surface area contributed by atoms with E-state index in [0.717, 1.165) is 11.8 Å². The van der Waals surface area contributed by atoms with Gasteiger partial charge in [-0.05, 0) is 12.1 Å². The molecule has 0 radical (unpaired) electrons. The SMILES string of the molecule is CO/N=C(/C(=O)N[C@@H]1C(=O)N2C(C(=O)O[C@@H](C)OC(C)=O)=C(COC(N)=O)CS[C@@H]12)c1ccco1. The van der Waals surface area contributed by atoms with E-state index in [2.05, 4.69) is 10.5 Å². The van der Waals surface area contributed by atoms with Crippen LogP contribution in [0.15, 0.2) is 39.2 Å². The number of oxime groups is 1. The summed E-state index contributed by atoms with van der Waals surface area (Å²) in [6.07, 6.45) is -0.976. The predicted octanol–water partition coefficient (Wildman–Crippen LogP) is -0.168. The minimum absolute atomic E-state index is 0.124. The molecule has 1 fully saturated rings. The summed E-state index contributed by atoms with van der Waals surface area (Å²) in [6, 6.07) is 2.03. The maximum atomic E-state index is 13.0. The van der Waals surface area contributed by atoms with E-state index >= 15 is 0 Å². The van der Waals surface area contributed by atoms with E-state index in [0.29, 0.717) is 0 Å². The monoisotopic (exact) mass is 510 g/mol. The first-order chi connectivity index (χ1) is 16.6. The number of furan rings is 1. The van der Waals surface area contributed by atoms with Crippen molar-refractivity contribution in [1.82, 2.24) is 10.2 Å². The van der Waals surface area contributed by atoms with Crippen LogP contribution in [0.2, 0.25) is 0 Å². The van der Waals surface area contributed by atoms with Gasteiger partial charge in [0.2, 0.25) is 12.0 Å². The van der Waals surface area contributed by atoms with E-state index in [1.54, 1.807) is 6.07 Å². The first-order valence-electron chi connectivity index (χ1n) is 10.1. The molecular formula is C20H22N4O10S. The van der Waals surface area contributed by atoms with Crippen molar-refractivity contribution in [2.75, 3.05) is 19.5 Å². The molecule has 188 valence electrons. The van der Waals surface area contributed by atoms with Gasteiger partial charge in [-0.15, -0.1) is 11.8 Å². The molecule has 3 rings (SSSR count). The topological polar surface area (TPSA) is 189 Å². The lowest BCUT2D eigenvalue weighted by atomic mass is 10.0. The largest absolute Gasteiger partial charge is 0.462 e. The lowest BCUT2D eigenvalue weighted by molar-refractivity contribution is -0.182. The summed E-state index contributed by atoms with van der Waals surface area (Å²) in [4.78, 5) is 66.7. The number of nitrogens with zero attached hydrogens (tertiary/aromatic N) is 2. The highest BCUT2D eigenvalue weighted by atomic mass is 32.2. The van der Waals surface area contributed by atoms with E-state index in [1.807, 2.05) is 0 Å². The maximum Gasteiger partial charge on any atom is 0.404 e. The standard InChI is InChI=1S/C20H22N4O10S/c1-9(25)33-10(2)34-19(28)15-11(7-32-20(21)29)8-35-18-14(17(27)24(15)18)22-16(26)13(23-30-3)12-5-4-6-31-12/h4-6,10,14,18H,7-8H2,1-3H3,(H2,21,29)(H,22,26)/b23-13+/t10-,14+,18-/m0/s1. The number of carbonyl (C=O) groups is 5. The molecule has 0 unspecified atom stereocenters. The Morgan fingerprint density at radius 2 is 2.09 bits per heavy atom. The van der Waals surface area contributed by atoms with Crippen LogP contribution in [0.5, 0.6) is 0 Å². The molecule has 0 aliphatic carbocycles. The number of thioether (sulfide) groups is 1. The average Bonchev–Trinajstić information content (AvgIpc) is 3.32. The summed E-state index contributed by atoms with van der Waals surface area (Å²) in [5.41, 5.74) is 4.89. The molecule has 35 heavy (non-hydrogen) atoms. The number of carbonyl (C=O) groups excluding carboxylic acids is 5. The molecule has 3 N–H and O–H groups in total. The summed E-state index contributed by atoms with van der Waals surface area (Å²) in [5, 5.41) is 5.53. The number of amides is 3. The molecule has 15 heteroatoms. The van der Waals surface area contributed by atoms with Crippen LogP contribution in [0.25, 0.3) is 0 Å². The third kappa shape index (κ3) is 5.74. The molecule has 3 heterocycles. The molecule has 14 nitrogen and oxygen atoms in total. The Morgan fingerprint density at radius 1 is 1.34 bits per heavy atom. The fraction of sp³-hybridized carbons (Fsp3) is 0.400. The van der Waals surface area contributed by atoms with Crippen molar-refractivity contribution in [3.05, 3.63) is 35.4 Å². The van der Waals surface area contributed by atoms with Crippen LogP contribution in [0.3, 0.4) is 0 Å². The number of primary amides is 1. The van der Waals surface area contributed by atoms with Gasteiger partial charge in [0.1, 0.15) is 30.8 Å². The summed E-state index contributed by atoms with van der Waals surface area (Å²) in [6.45, 7) is 2.09. The fourth-order valence-corrected chi connectivity index (χ4v) is 4.65. The van der Waals surface area contributed by atoms with Gasteiger partial charge in [0, 0.05) is 25.2 Å². The van der Waals surface area contributed by atoms with Gasteiger partial charge in [0.15, 0.2) is 5.76 Å². The summed E-state index contributed by atoms with van der Waals surface area (Å²) in [7, 11) is 1.25. The van der Waals surface area contributed by atoms with Gasteiger partial charge >= 0.3 is 18.0 Å². The molecule has 1 aromatic rings. The van der Waals surface area contributed by atoms with Crippen LogP contribution in [-0.4, -0.2) is 77.6 Å². The molecule has 0 bridgehead atoms. The van der Waals surface area contributed by atoms with Crippen LogP contribution in [0.1, 0.15) is 19.6 Å². The molecule has 1 aromatic heterocycles. The minimum atomic E-state index is -1.24. The third-order valence-electron chi connectivity index (χ3n) is 4.67. The van der Waals surface area contributed by atoms with Crippen molar-refractivity contribution in [2.45, 2.75) is 31.6 Å². The van der Waals surface area contributed by atoms with Gasteiger partial charge in [-0.1, -0.05) is 5.16 Å². The quantitative estimate of drug-likeness (QED) is 0.147. The zero-order valence-corrected chi connectivity index (χ0v) is 19.7. The number of hydrogen-bond donors (Lipinski definition) is 2. The van der Waals surface area contributed by atoms with E-state index < -0.39 is 47.6 Å². The number of hydrogen-bond acceptors (Lipinski definition) is 12. The van der Waals surface area contributed by atoms with Crippen LogP contribution in [0.4, 0.5) is 4.79 Å². The van der Waals surface area contributed by atoms with Gasteiger partial charge < -0.3 is 34.5 Å². The van der Waals surface area contributed by atoms with Crippen molar-refractivity contribution in [3.8, 4) is 0 Å². The fourth-order valence-electron chi connectivity index (χ4n) is 3.32. The van der Waals surface area contributed by atoms with Crippen molar-refractivity contribution in [2.24, 2.45) is 10.9 Å². The highest BCUT2D eigenvalue weighted by molar-refractivity contribution is 8.00. The van der Waals surface area contributed by atoms with E-state index in [-0.39, 0.29) is 35.1 Å². The zero-order chi connectivity index (χ0) is 25.7. The normalized spacial score (nSPS) is 20.3. The summed E-state index contributed by atoms with van der Waals surface area (Å²) < 4.78 is 19.9. The van der Waals surface area contributed by atoms with Crippen molar-refractivity contribution in [1.29, 1.82) is 0 Å². The Balaban J connectivity index is 1.80. The zero-order valence-electron chi connectivity index (χ0n) is 18.8. The highest BCUT2D eigenvalue weighted by Crippen LogP contribution is 2.41. The van der Waals surface area contributed by atoms with Gasteiger partial charge in [-0.25, -0.2) is 9.59 Å². The molecule has 2 aliphatic heterocycles. The van der Waals surface area contributed by atoms with Crippen LogP contribution >= 0.6 is 11.8 Å². The van der Waals surface area contributed by atoms with Gasteiger partial charge in [0.05, 0.1) is 6.26 Å². The summed E-state index contributed by atoms with van der Waals surface area (Å²) >= 11 is 1.21. The maximum absolute atomic E-state index is 13.0. The third-order valence-corrected chi connectivity index (χ3v) is 6.01. The Labute approximate surface area is 202 Å². The Morgan fingerprint density at radius 3 is 2.69 bits per heavy atom. The highest BCUT2D eigenvalue weighted by Gasteiger charge is 2.55. The molecule has 3 atom stereocenters. The lowest BCUT2D eigenvalue weighted by Gasteiger charge is -2.49. The molecule has 0 aromatic carbocycles. The number of nitrogens with two attached hydrogens (primary N) is 1. The molecule has 0 saturated carbocycles. The van der Waals surface area contributed by atoms with Crippen LogP contribution in [0, 0.1) is 0 Å². The molecule has 3 amide bonds. The second kappa shape index (κ2) is 10.9. The smallest absolute Gasteiger partial charge is 0.404 e. The van der Waals surface area contributed by atoms with E-state index in [9.17, 15) is 24.0 Å². The number of fused-ring (bicyclic) bond motifs is 1. The Hall–Kier alpha value is -4.01. The van der Waals surface area contributed by atoms with E-state index in [1.165, 1.54) is 38.1 Å². The lowest BCUT2D eigenvalue weighted by Crippen LogP contribution is -2.71. The Kier molecular flexibility index (Phi) is 8.01. The number of rotatable bonds is 9. The van der Waals surface area contributed by atoms with Crippen LogP contribution in [-0.2, 0) is 38.2 Å². The second-order valence-corrected chi connectivity index (χ2v) is 8.21. The summed E-state index contributed by atoms with van der Waals surface area (Å²) in [5.74, 6) is -2.75. The Bertz CT molecular complexity index is 1080.